The number of amidine groups is 1. The Morgan fingerprint density at radius 1 is 1.21 bits per heavy atom. The summed E-state index contributed by atoms with van der Waals surface area (Å²) in [6, 6.07) is 9.31. The molecule has 0 aliphatic heterocycles. The topological polar surface area (TPSA) is 59.1 Å². The van der Waals surface area contributed by atoms with E-state index in [9.17, 15) is 4.39 Å². The first-order valence-corrected chi connectivity index (χ1v) is 5.93. The van der Waals surface area contributed by atoms with Gasteiger partial charge in [0.05, 0.1) is 5.02 Å². The van der Waals surface area contributed by atoms with E-state index >= 15 is 0 Å². The summed E-state index contributed by atoms with van der Waals surface area (Å²) < 4.78 is 18.7. The molecule has 0 fully saturated rings. The summed E-state index contributed by atoms with van der Waals surface area (Å²) >= 11 is 5.99. The van der Waals surface area contributed by atoms with Crippen molar-refractivity contribution in [1.29, 1.82) is 5.41 Å². The van der Waals surface area contributed by atoms with Crippen LogP contribution in [0.25, 0.3) is 0 Å². The van der Waals surface area contributed by atoms with Gasteiger partial charge in [-0.3, -0.25) is 5.41 Å². The monoisotopic (exact) mass is 278 g/mol. The maximum atomic E-state index is 13.1. The van der Waals surface area contributed by atoms with Crippen molar-refractivity contribution < 1.29 is 9.13 Å². The zero-order valence-electron chi connectivity index (χ0n) is 10.2. The Morgan fingerprint density at radius 3 is 2.42 bits per heavy atom. The van der Waals surface area contributed by atoms with Crippen molar-refractivity contribution >= 4 is 17.4 Å². The molecule has 0 atom stereocenters. The predicted octanol–water partition coefficient (Wildman–Crippen LogP) is 3.86. The summed E-state index contributed by atoms with van der Waals surface area (Å²) in [5, 5.41) is 7.67. The van der Waals surface area contributed by atoms with Crippen molar-refractivity contribution in [2.24, 2.45) is 5.73 Å². The van der Waals surface area contributed by atoms with Gasteiger partial charge in [0.1, 0.15) is 23.2 Å². The first-order chi connectivity index (χ1) is 8.97. The van der Waals surface area contributed by atoms with Crippen molar-refractivity contribution in [3.8, 4) is 11.5 Å². The number of nitrogens with two attached hydrogens (primary N) is 1. The molecule has 0 saturated carbocycles. The van der Waals surface area contributed by atoms with Crippen molar-refractivity contribution in [2.45, 2.75) is 6.92 Å². The van der Waals surface area contributed by atoms with Crippen LogP contribution in [0, 0.1) is 18.2 Å². The van der Waals surface area contributed by atoms with Gasteiger partial charge in [0.2, 0.25) is 0 Å². The second-order valence-corrected chi connectivity index (χ2v) is 4.48. The summed E-state index contributed by atoms with van der Waals surface area (Å²) in [5.41, 5.74) is 6.32. The molecule has 0 aromatic heterocycles. The molecule has 0 heterocycles. The number of nitrogens with one attached hydrogen (secondary N) is 1. The van der Waals surface area contributed by atoms with Gasteiger partial charge < -0.3 is 10.5 Å². The lowest BCUT2D eigenvalue weighted by atomic mass is 10.2. The van der Waals surface area contributed by atoms with Crippen molar-refractivity contribution in [3.05, 3.63) is 58.4 Å². The molecule has 5 heteroatoms. The van der Waals surface area contributed by atoms with Crippen LogP contribution in [0.1, 0.15) is 11.1 Å². The molecule has 19 heavy (non-hydrogen) atoms. The fourth-order valence-electron chi connectivity index (χ4n) is 1.59. The predicted molar refractivity (Wildman–Crippen MR) is 73.7 cm³/mol. The number of rotatable bonds is 3. The highest BCUT2D eigenvalue weighted by molar-refractivity contribution is 6.34. The number of halogens is 2. The fourth-order valence-corrected chi connectivity index (χ4v) is 1.87. The van der Waals surface area contributed by atoms with Crippen molar-refractivity contribution in [3.63, 3.8) is 0 Å². The van der Waals surface area contributed by atoms with Gasteiger partial charge in [-0.1, -0.05) is 11.6 Å². The number of hydrogen-bond acceptors (Lipinski definition) is 2. The van der Waals surface area contributed by atoms with E-state index < -0.39 is 0 Å². The van der Waals surface area contributed by atoms with Crippen LogP contribution in [0.2, 0.25) is 5.02 Å². The SMILES string of the molecule is Cc1cc(Oc2ccc(C(=N)N)c(Cl)c2)ccc1F. The van der Waals surface area contributed by atoms with Crippen molar-refractivity contribution in [1.82, 2.24) is 0 Å². The average molecular weight is 279 g/mol. The minimum atomic E-state index is -0.280. The number of ether oxygens (including phenoxy) is 1. The molecule has 3 N–H and O–H groups in total. The largest absolute Gasteiger partial charge is 0.457 e. The van der Waals surface area contributed by atoms with E-state index in [1.165, 1.54) is 12.1 Å². The van der Waals surface area contributed by atoms with Gasteiger partial charge in [0, 0.05) is 11.6 Å². The van der Waals surface area contributed by atoms with Crippen LogP contribution in [-0.4, -0.2) is 5.84 Å². The van der Waals surface area contributed by atoms with Crippen molar-refractivity contribution in [2.75, 3.05) is 0 Å². The van der Waals surface area contributed by atoms with Gasteiger partial charge in [-0.2, -0.15) is 0 Å². The Labute approximate surface area is 115 Å². The third-order valence-electron chi connectivity index (χ3n) is 2.60. The van der Waals surface area contributed by atoms with Gasteiger partial charge in [0.15, 0.2) is 0 Å². The first kappa shape index (κ1) is 13.4. The first-order valence-electron chi connectivity index (χ1n) is 5.55. The summed E-state index contributed by atoms with van der Waals surface area (Å²) in [5.74, 6) is 0.637. The molecular formula is C14H12ClFN2O. The summed E-state index contributed by atoms with van der Waals surface area (Å²) in [6.45, 7) is 1.66. The van der Waals surface area contributed by atoms with Crippen LogP contribution in [-0.2, 0) is 0 Å². The fraction of sp³-hybridized carbons (Fsp3) is 0.0714. The van der Waals surface area contributed by atoms with E-state index in [-0.39, 0.29) is 11.7 Å². The van der Waals surface area contributed by atoms with Gasteiger partial charge in [-0.05, 0) is 42.8 Å². The molecule has 0 saturated heterocycles. The Morgan fingerprint density at radius 2 is 1.84 bits per heavy atom. The molecule has 98 valence electrons. The standard InChI is InChI=1S/C14H12ClFN2O/c1-8-6-9(3-5-13(8)16)19-10-2-4-11(14(17)18)12(15)7-10/h2-7H,1H3,(H3,17,18). The van der Waals surface area contributed by atoms with E-state index in [0.29, 0.717) is 27.6 Å². The molecule has 0 bridgehead atoms. The number of hydrogen-bond donors (Lipinski definition) is 2. The zero-order valence-corrected chi connectivity index (χ0v) is 11.0. The summed E-state index contributed by atoms with van der Waals surface area (Å²) in [4.78, 5) is 0. The van der Waals surface area contributed by atoms with Crippen LogP contribution in [0.15, 0.2) is 36.4 Å². The number of benzene rings is 2. The molecule has 3 nitrogen and oxygen atoms in total. The van der Waals surface area contributed by atoms with E-state index in [1.807, 2.05) is 0 Å². The minimum Gasteiger partial charge on any atom is -0.457 e. The smallest absolute Gasteiger partial charge is 0.128 e. The molecule has 0 radical (unpaired) electrons. The lowest BCUT2D eigenvalue weighted by molar-refractivity contribution is 0.479. The second kappa shape index (κ2) is 5.28. The molecule has 0 aliphatic carbocycles. The van der Waals surface area contributed by atoms with E-state index in [0.717, 1.165) is 0 Å². The van der Waals surface area contributed by atoms with Crippen LogP contribution in [0.3, 0.4) is 0 Å². The highest BCUT2D eigenvalue weighted by atomic mass is 35.5. The van der Waals surface area contributed by atoms with Crippen LogP contribution >= 0.6 is 11.6 Å². The Bertz CT molecular complexity index is 643. The van der Waals surface area contributed by atoms with Gasteiger partial charge in [-0.25, -0.2) is 4.39 Å². The molecule has 0 amide bonds. The third-order valence-corrected chi connectivity index (χ3v) is 2.91. The van der Waals surface area contributed by atoms with Crippen LogP contribution in [0.5, 0.6) is 11.5 Å². The summed E-state index contributed by atoms with van der Waals surface area (Å²) in [7, 11) is 0. The molecule has 2 aromatic rings. The molecule has 0 spiro atoms. The maximum Gasteiger partial charge on any atom is 0.128 e. The second-order valence-electron chi connectivity index (χ2n) is 4.07. The van der Waals surface area contributed by atoms with E-state index in [1.54, 1.807) is 31.2 Å². The van der Waals surface area contributed by atoms with Crippen LogP contribution < -0.4 is 10.5 Å². The van der Waals surface area contributed by atoms with E-state index in [2.05, 4.69) is 0 Å². The maximum absolute atomic E-state index is 13.1. The number of nitrogen functional groups attached to an aromatic ring is 1. The average Bonchev–Trinajstić information content (AvgIpc) is 2.33. The number of aryl methyl sites for hydroxylation is 1. The normalized spacial score (nSPS) is 10.3. The molecule has 0 aliphatic rings. The molecule has 2 rings (SSSR count). The molecule has 2 aromatic carbocycles. The Hall–Kier alpha value is -2.07. The Balaban J connectivity index is 2.26. The van der Waals surface area contributed by atoms with Gasteiger partial charge in [-0.15, -0.1) is 0 Å². The lowest BCUT2D eigenvalue weighted by Crippen LogP contribution is -2.11. The van der Waals surface area contributed by atoms with Gasteiger partial charge in [0.25, 0.3) is 0 Å². The Kier molecular flexibility index (Phi) is 3.71. The zero-order chi connectivity index (χ0) is 14.0. The molecule has 0 unspecified atom stereocenters. The summed E-state index contributed by atoms with van der Waals surface area (Å²) in [6.07, 6.45) is 0. The minimum absolute atomic E-state index is 0.103. The quantitative estimate of drug-likeness (QED) is 0.661. The third kappa shape index (κ3) is 3.03. The lowest BCUT2D eigenvalue weighted by Gasteiger charge is -2.09. The highest BCUT2D eigenvalue weighted by Gasteiger charge is 2.06. The molecular weight excluding hydrogens is 267 g/mol. The van der Waals surface area contributed by atoms with E-state index in [4.69, 9.17) is 27.5 Å². The van der Waals surface area contributed by atoms with Gasteiger partial charge >= 0.3 is 0 Å². The van der Waals surface area contributed by atoms with Crippen LogP contribution in [0.4, 0.5) is 4.39 Å². The highest BCUT2D eigenvalue weighted by Crippen LogP contribution is 2.27.